The molecule has 1 N–H and O–H groups in total. The lowest BCUT2D eigenvalue weighted by Crippen LogP contribution is -2.33. The molecular weight excluding hydrogens is 431 g/mol. The van der Waals surface area contributed by atoms with Crippen LogP contribution in [0.3, 0.4) is 0 Å². The highest BCUT2D eigenvalue weighted by molar-refractivity contribution is 5.60. The van der Waals surface area contributed by atoms with Gasteiger partial charge in [-0.1, -0.05) is 48.6 Å². The SMILES string of the molecule is O=c1[nH]c(=O)n(CCCN2C[C@@H]3C[C@]3([C@H]3C=CC(C(F)(F)F)=CC3)C2)cc1-c1ccccc1. The van der Waals surface area contributed by atoms with Crippen LogP contribution in [0.25, 0.3) is 11.1 Å². The molecular formula is C25H26F3N3O2. The Kier molecular flexibility index (Phi) is 5.43. The molecule has 2 aromatic rings. The average Bonchev–Trinajstić information content (AvgIpc) is 3.36. The molecule has 1 aliphatic heterocycles. The Morgan fingerprint density at radius 3 is 2.61 bits per heavy atom. The van der Waals surface area contributed by atoms with Crippen molar-refractivity contribution in [1.29, 1.82) is 0 Å². The molecule has 33 heavy (non-hydrogen) atoms. The fourth-order valence-electron chi connectivity index (χ4n) is 5.59. The number of likely N-dealkylation sites (tertiary alicyclic amines) is 1. The molecule has 3 aliphatic rings. The summed E-state index contributed by atoms with van der Waals surface area (Å²) in [4.78, 5) is 29.3. The third-order valence-corrected chi connectivity index (χ3v) is 7.41. The predicted molar refractivity (Wildman–Crippen MR) is 120 cm³/mol. The normalized spacial score (nSPS) is 26.8. The molecule has 1 saturated heterocycles. The number of aryl methyl sites for hydroxylation is 1. The van der Waals surface area contributed by atoms with Crippen LogP contribution in [0.4, 0.5) is 13.2 Å². The van der Waals surface area contributed by atoms with E-state index in [1.807, 2.05) is 30.3 Å². The number of alkyl halides is 3. The number of fused-ring (bicyclic) bond motifs is 1. The number of aromatic nitrogens is 2. The van der Waals surface area contributed by atoms with Crippen molar-refractivity contribution in [2.24, 2.45) is 17.3 Å². The van der Waals surface area contributed by atoms with Crippen LogP contribution in [0, 0.1) is 17.3 Å². The van der Waals surface area contributed by atoms with Crippen LogP contribution in [0.5, 0.6) is 0 Å². The number of H-pyrrole nitrogens is 1. The highest BCUT2D eigenvalue weighted by atomic mass is 19.4. The summed E-state index contributed by atoms with van der Waals surface area (Å²) in [5, 5.41) is 0. The van der Waals surface area contributed by atoms with Gasteiger partial charge in [0.05, 0.1) is 11.1 Å². The molecule has 174 valence electrons. The molecule has 1 saturated carbocycles. The van der Waals surface area contributed by atoms with Crippen molar-refractivity contribution in [3.05, 3.63) is 81.2 Å². The van der Waals surface area contributed by atoms with Gasteiger partial charge in [-0.3, -0.25) is 14.3 Å². The molecule has 3 atom stereocenters. The molecule has 2 aliphatic carbocycles. The highest BCUT2D eigenvalue weighted by Crippen LogP contribution is 2.64. The number of allylic oxidation sites excluding steroid dienone is 4. The van der Waals surface area contributed by atoms with Crippen molar-refractivity contribution < 1.29 is 13.2 Å². The number of benzene rings is 1. The van der Waals surface area contributed by atoms with Crippen LogP contribution in [-0.2, 0) is 6.54 Å². The summed E-state index contributed by atoms with van der Waals surface area (Å²) in [6.07, 6.45) is 3.97. The van der Waals surface area contributed by atoms with Crippen molar-refractivity contribution in [2.75, 3.05) is 19.6 Å². The van der Waals surface area contributed by atoms with E-state index >= 15 is 0 Å². The van der Waals surface area contributed by atoms with Gasteiger partial charge in [-0.2, -0.15) is 13.2 Å². The van der Waals surface area contributed by atoms with E-state index in [9.17, 15) is 22.8 Å². The second-order valence-corrected chi connectivity index (χ2v) is 9.44. The summed E-state index contributed by atoms with van der Waals surface area (Å²) in [6, 6.07) is 9.24. The standard InChI is InChI=1S/C25H26F3N3O2/c26-25(27,28)19-9-7-18(8-10-19)24-13-20(24)14-30(16-24)11-4-12-31-15-21(22(32)29-23(31)33)17-5-2-1-3-6-17/h1-3,5-7,9-10,15,18,20H,4,8,11-14,16H2,(H,29,32,33)/t18-,20-,24+/m0/s1. The maximum atomic E-state index is 12.9. The van der Waals surface area contributed by atoms with Crippen LogP contribution >= 0.6 is 0 Å². The van der Waals surface area contributed by atoms with E-state index in [0.717, 1.165) is 38.0 Å². The fraction of sp³-hybridized carbons (Fsp3) is 0.440. The van der Waals surface area contributed by atoms with Crippen molar-refractivity contribution >= 4 is 0 Å². The monoisotopic (exact) mass is 457 g/mol. The quantitative estimate of drug-likeness (QED) is 0.714. The summed E-state index contributed by atoms with van der Waals surface area (Å²) >= 11 is 0. The molecule has 5 rings (SSSR count). The van der Waals surface area contributed by atoms with Crippen molar-refractivity contribution in [1.82, 2.24) is 14.5 Å². The molecule has 1 aromatic heterocycles. The Labute approximate surface area is 189 Å². The Hall–Kier alpha value is -2.87. The van der Waals surface area contributed by atoms with Crippen LogP contribution < -0.4 is 11.2 Å². The van der Waals surface area contributed by atoms with E-state index < -0.39 is 23.0 Å². The van der Waals surface area contributed by atoms with Crippen LogP contribution in [-0.4, -0.2) is 40.3 Å². The minimum atomic E-state index is -4.27. The maximum absolute atomic E-state index is 12.9. The number of nitrogens with one attached hydrogen (secondary N) is 1. The third-order valence-electron chi connectivity index (χ3n) is 7.41. The van der Waals surface area contributed by atoms with E-state index in [0.29, 0.717) is 24.4 Å². The van der Waals surface area contributed by atoms with Gasteiger partial charge in [0.1, 0.15) is 0 Å². The summed E-state index contributed by atoms with van der Waals surface area (Å²) < 4.78 is 40.2. The number of aromatic amines is 1. The summed E-state index contributed by atoms with van der Waals surface area (Å²) in [7, 11) is 0. The molecule has 0 amide bonds. The van der Waals surface area contributed by atoms with Gasteiger partial charge < -0.3 is 4.90 Å². The minimum absolute atomic E-state index is 0.0967. The number of hydrogen-bond donors (Lipinski definition) is 1. The van der Waals surface area contributed by atoms with Crippen molar-refractivity contribution in [3.63, 3.8) is 0 Å². The molecule has 2 fully saturated rings. The molecule has 0 radical (unpaired) electrons. The predicted octanol–water partition coefficient (Wildman–Crippen LogP) is 3.98. The Morgan fingerprint density at radius 2 is 1.91 bits per heavy atom. The van der Waals surface area contributed by atoms with Gasteiger partial charge in [0.25, 0.3) is 5.56 Å². The molecule has 2 heterocycles. The minimum Gasteiger partial charge on any atom is -0.302 e. The van der Waals surface area contributed by atoms with Gasteiger partial charge >= 0.3 is 11.9 Å². The number of nitrogens with zero attached hydrogens (tertiary/aromatic N) is 2. The Morgan fingerprint density at radius 1 is 1.12 bits per heavy atom. The van der Waals surface area contributed by atoms with Crippen molar-refractivity contribution in [3.8, 4) is 11.1 Å². The van der Waals surface area contributed by atoms with Crippen LogP contribution in [0.1, 0.15) is 19.3 Å². The molecule has 0 spiro atoms. The van der Waals surface area contributed by atoms with Gasteiger partial charge in [-0.15, -0.1) is 0 Å². The summed E-state index contributed by atoms with van der Waals surface area (Å²) in [5.74, 6) is 0.697. The van der Waals surface area contributed by atoms with E-state index in [-0.39, 0.29) is 11.3 Å². The number of rotatable bonds is 6. The van der Waals surface area contributed by atoms with E-state index in [2.05, 4.69) is 9.88 Å². The first kappa shape index (κ1) is 21.9. The van der Waals surface area contributed by atoms with Crippen molar-refractivity contribution in [2.45, 2.75) is 32.0 Å². The first-order chi connectivity index (χ1) is 15.8. The largest absolute Gasteiger partial charge is 0.416 e. The van der Waals surface area contributed by atoms with Gasteiger partial charge in [-0.05, 0) is 48.6 Å². The fourth-order valence-corrected chi connectivity index (χ4v) is 5.59. The van der Waals surface area contributed by atoms with Crippen LogP contribution in [0.2, 0.25) is 0 Å². The molecule has 1 aromatic carbocycles. The first-order valence-corrected chi connectivity index (χ1v) is 11.3. The van der Waals surface area contributed by atoms with Crippen LogP contribution in [0.15, 0.2) is 69.9 Å². The highest BCUT2D eigenvalue weighted by Gasteiger charge is 2.62. The lowest BCUT2D eigenvalue weighted by Gasteiger charge is -2.27. The third kappa shape index (κ3) is 4.24. The first-order valence-electron chi connectivity index (χ1n) is 11.3. The molecule has 8 heteroatoms. The Balaban J connectivity index is 1.18. The number of piperidine rings is 1. The van der Waals surface area contributed by atoms with Gasteiger partial charge in [0.15, 0.2) is 0 Å². The van der Waals surface area contributed by atoms with E-state index in [1.165, 1.54) is 12.2 Å². The smallest absolute Gasteiger partial charge is 0.302 e. The molecule has 0 bridgehead atoms. The maximum Gasteiger partial charge on any atom is 0.416 e. The zero-order valence-corrected chi connectivity index (χ0v) is 18.1. The number of halogens is 3. The zero-order chi connectivity index (χ0) is 23.2. The van der Waals surface area contributed by atoms with Gasteiger partial charge in [0.2, 0.25) is 0 Å². The summed E-state index contributed by atoms with van der Waals surface area (Å²) in [5.41, 5.74) is -0.0283. The number of hydrogen-bond acceptors (Lipinski definition) is 3. The Bertz CT molecular complexity index is 1210. The lowest BCUT2D eigenvalue weighted by molar-refractivity contribution is -0.0888. The second kappa shape index (κ2) is 8.17. The molecule has 0 unspecified atom stereocenters. The average molecular weight is 457 g/mol. The van der Waals surface area contributed by atoms with Gasteiger partial charge in [0, 0.05) is 25.8 Å². The van der Waals surface area contributed by atoms with E-state index in [1.54, 1.807) is 16.8 Å². The van der Waals surface area contributed by atoms with E-state index in [4.69, 9.17) is 0 Å². The topological polar surface area (TPSA) is 58.1 Å². The summed E-state index contributed by atoms with van der Waals surface area (Å²) in [6.45, 7) is 3.14. The second-order valence-electron chi connectivity index (χ2n) is 9.44. The molecule has 5 nitrogen and oxygen atoms in total. The zero-order valence-electron chi connectivity index (χ0n) is 18.1. The van der Waals surface area contributed by atoms with Gasteiger partial charge in [-0.25, -0.2) is 4.79 Å². The lowest BCUT2D eigenvalue weighted by atomic mass is 9.82.